The van der Waals surface area contributed by atoms with Gasteiger partial charge in [-0.2, -0.15) is 0 Å². The minimum Gasteiger partial charge on any atom is -0.347 e. The Balaban J connectivity index is 1.98. The van der Waals surface area contributed by atoms with Gasteiger partial charge in [0.1, 0.15) is 11.1 Å². The number of fused-ring (bicyclic) bond motifs is 1. The van der Waals surface area contributed by atoms with E-state index < -0.39 is 11.4 Å². The van der Waals surface area contributed by atoms with Gasteiger partial charge >= 0.3 is 0 Å². The molecule has 6 heteroatoms. The molecule has 0 radical (unpaired) electrons. The van der Waals surface area contributed by atoms with Gasteiger partial charge in [-0.3, -0.25) is 14.4 Å². The highest BCUT2D eigenvalue weighted by molar-refractivity contribution is 5.98. The van der Waals surface area contributed by atoms with E-state index >= 15 is 0 Å². The van der Waals surface area contributed by atoms with Crippen LogP contribution in [0.2, 0.25) is 0 Å². The summed E-state index contributed by atoms with van der Waals surface area (Å²) in [5.74, 6) is -0.145. The second kappa shape index (κ2) is 10.0. The normalized spacial score (nSPS) is 17.9. The van der Waals surface area contributed by atoms with Crippen LogP contribution in [0, 0.1) is 5.92 Å². The third-order valence-electron chi connectivity index (χ3n) is 6.88. The van der Waals surface area contributed by atoms with E-state index in [-0.39, 0.29) is 17.0 Å². The van der Waals surface area contributed by atoms with E-state index in [4.69, 9.17) is 0 Å². The van der Waals surface area contributed by atoms with Crippen LogP contribution in [0.4, 0.5) is 0 Å². The van der Waals surface area contributed by atoms with Crippen molar-refractivity contribution in [3.8, 4) is 0 Å². The number of aromatic nitrogens is 1. The largest absolute Gasteiger partial charge is 0.347 e. The molecule has 0 saturated heterocycles. The van der Waals surface area contributed by atoms with Crippen molar-refractivity contribution >= 4 is 11.8 Å². The number of hydrogen-bond donors (Lipinski definition) is 1. The number of pyridine rings is 1. The van der Waals surface area contributed by atoms with Crippen LogP contribution in [0.15, 0.2) is 10.9 Å². The Morgan fingerprint density at radius 1 is 1.03 bits per heavy atom. The molecule has 31 heavy (non-hydrogen) atoms. The van der Waals surface area contributed by atoms with Gasteiger partial charge in [-0.05, 0) is 69.9 Å². The molecule has 2 aliphatic rings. The fourth-order valence-corrected chi connectivity index (χ4v) is 5.18. The molecule has 0 atom stereocenters. The van der Waals surface area contributed by atoms with Gasteiger partial charge in [0, 0.05) is 26.3 Å². The van der Waals surface area contributed by atoms with E-state index in [0.717, 1.165) is 49.8 Å². The average Bonchev–Trinajstić information content (AvgIpc) is 2.70. The summed E-state index contributed by atoms with van der Waals surface area (Å²) in [5.41, 5.74) is 1.17. The quantitative estimate of drug-likeness (QED) is 0.776. The standard InChI is InChI=1S/C25H39N3O3/c1-25(2,24(31)27(3)4)26-22(29)20-16-19-14-10-5-6-11-15-21(19)28(23(20)30)17-18-12-8-7-9-13-18/h16,18H,5-15,17H2,1-4H3,(H,26,29). The molecule has 1 aromatic heterocycles. The maximum Gasteiger partial charge on any atom is 0.263 e. The monoisotopic (exact) mass is 429 g/mol. The van der Waals surface area contributed by atoms with Crippen LogP contribution in [0.25, 0.3) is 0 Å². The van der Waals surface area contributed by atoms with Gasteiger partial charge in [0.2, 0.25) is 5.91 Å². The lowest BCUT2D eigenvalue weighted by atomic mass is 9.88. The van der Waals surface area contributed by atoms with Crippen LogP contribution in [0.1, 0.15) is 93.3 Å². The first-order valence-electron chi connectivity index (χ1n) is 12.0. The summed E-state index contributed by atoms with van der Waals surface area (Å²) in [4.78, 5) is 40.7. The zero-order valence-electron chi connectivity index (χ0n) is 19.8. The van der Waals surface area contributed by atoms with Crippen LogP contribution in [0.5, 0.6) is 0 Å². The Kier molecular flexibility index (Phi) is 7.60. The number of nitrogens with one attached hydrogen (secondary N) is 1. The molecule has 0 spiro atoms. The molecule has 2 aliphatic carbocycles. The molecule has 0 unspecified atom stereocenters. The summed E-state index contributed by atoms with van der Waals surface area (Å²) < 4.78 is 1.92. The van der Waals surface area contributed by atoms with Crippen molar-refractivity contribution in [3.05, 3.63) is 33.2 Å². The molecule has 1 aromatic rings. The minimum absolute atomic E-state index is 0.176. The molecule has 0 bridgehead atoms. The van der Waals surface area contributed by atoms with Gasteiger partial charge in [-0.15, -0.1) is 0 Å². The van der Waals surface area contributed by atoms with E-state index in [9.17, 15) is 14.4 Å². The van der Waals surface area contributed by atoms with Crippen molar-refractivity contribution in [2.75, 3.05) is 14.1 Å². The molecule has 1 N–H and O–H groups in total. The highest BCUT2D eigenvalue weighted by Crippen LogP contribution is 2.27. The maximum absolute atomic E-state index is 13.6. The summed E-state index contributed by atoms with van der Waals surface area (Å²) in [5, 5.41) is 2.82. The lowest BCUT2D eigenvalue weighted by molar-refractivity contribution is -0.134. The van der Waals surface area contributed by atoms with Crippen LogP contribution >= 0.6 is 0 Å². The van der Waals surface area contributed by atoms with Gasteiger partial charge in [-0.25, -0.2) is 0 Å². The average molecular weight is 430 g/mol. The molecule has 6 nitrogen and oxygen atoms in total. The molecular weight excluding hydrogens is 390 g/mol. The second-order valence-corrected chi connectivity index (χ2v) is 10.1. The topological polar surface area (TPSA) is 71.4 Å². The molecule has 1 fully saturated rings. The van der Waals surface area contributed by atoms with Crippen molar-refractivity contribution in [2.45, 2.75) is 96.6 Å². The van der Waals surface area contributed by atoms with Crippen molar-refractivity contribution in [1.29, 1.82) is 0 Å². The molecule has 172 valence electrons. The first-order valence-corrected chi connectivity index (χ1v) is 12.0. The van der Waals surface area contributed by atoms with Crippen LogP contribution in [-0.4, -0.2) is 40.9 Å². The van der Waals surface area contributed by atoms with Gasteiger partial charge in [-0.1, -0.05) is 32.1 Å². The van der Waals surface area contributed by atoms with Gasteiger partial charge in [0.15, 0.2) is 0 Å². The zero-order chi connectivity index (χ0) is 22.6. The van der Waals surface area contributed by atoms with E-state index in [1.165, 1.54) is 37.0 Å². The lowest BCUT2D eigenvalue weighted by Crippen LogP contribution is -2.55. The maximum atomic E-state index is 13.6. The Bertz CT molecular complexity index is 863. The highest BCUT2D eigenvalue weighted by atomic mass is 16.2. The van der Waals surface area contributed by atoms with Crippen molar-refractivity contribution in [2.24, 2.45) is 5.92 Å². The molecule has 0 aromatic carbocycles. The number of amides is 2. The number of carbonyl (C=O) groups is 2. The summed E-state index contributed by atoms with van der Waals surface area (Å²) in [6, 6.07) is 1.81. The number of likely N-dealkylation sites (N-methyl/N-ethyl adjacent to an activating group) is 1. The Morgan fingerprint density at radius 2 is 1.65 bits per heavy atom. The number of rotatable bonds is 5. The SMILES string of the molecule is CN(C)C(=O)C(C)(C)NC(=O)c1cc2c(n(CC3CCCCC3)c1=O)CCCCCC2. The Hall–Kier alpha value is -2.11. The Labute approximate surface area is 186 Å². The van der Waals surface area contributed by atoms with Crippen LogP contribution in [0.3, 0.4) is 0 Å². The third-order valence-corrected chi connectivity index (χ3v) is 6.88. The number of nitrogens with zero attached hydrogens (tertiary/aromatic N) is 2. The predicted molar refractivity (Wildman–Crippen MR) is 123 cm³/mol. The van der Waals surface area contributed by atoms with Crippen molar-refractivity contribution in [3.63, 3.8) is 0 Å². The predicted octanol–water partition coefficient (Wildman–Crippen LogP) is 3.68. The Morgan fingerprint density at radius 3 is 2.29 bits per heavy atom. The van der Waals surface area contributed by atoms with Crippen LogP contribution < -0.4 is 10.9 Å². The first kappa shape index (κ1) is 23.6. The smallest absolute Gasteiger partial charge is 0.263 e. The van der Waals surface area contributed by atoms with Crippen LogP contribution in [-0.2, 0) is 24.2 Å². The fourth-order valence-electron chi connectivity index (χ4n) is 5.18. The van der Waals surface area contributed by atoms with Gasteiger partial charge in [0.05, 0.1) is 0 Å². The summed E-state index contributed by atoms with van der Waals surface area (Å²) in [7, 11) is 3.33. The number of hydrogen-bond acceptors (Lipinski definition) is 3. The molecular formula is C25H39N3O3. The summed E-state index contributed by atoms with van der Waals surface area (Å²) in [6.45, 7) is 4.07. The fraction of sp³-hybridized carbons (Fsp3) is 0.720. The first-order chi connectivity index (χ1) is 14.7. The van der Waals surface area contributed by atoms with Gasteiger partial charge < -0.3 is 14.8 Å². The van der Waals surface area contributed by atoms with E-state index in [1.54, 1.807) is 27.9 Å². The van der Waals surface area contributed by atoms with E-state index in [2.05, 4.69) is 5.32 Å². The van der Waals surface area contributed by atoms with E-state index in [1.807, 2.05) is 10.6 Å². The minimum atomic E-state index is -1.08. The summed E-state index contributed by atoms with van der Waals surface area (Å²) >= 11 is 0. The molecule has 1 saturated carbocycles. The van der Waals surface area contributed by atoms with Crippen molar-refractivity contribution in [1.82, 2.24) is 14.8 Å². The molecule has 3 rings (SSSR count). The second-order valence-electron chi connectivity index (χ2n) is 10.1. The van der Waals surface area contributed by atoms with Crippen molar-refractivity contribution < 1.29 is 9.59 Å². The molecule has 1 heterocycles. The van der Waals surface area contributed by atoms with Gasteiger partial charge in [0.25, 0.3) is 11.5 Å². The number of carbonyl (C=O) groups excluding carboxylic acids is 2. The number of aryl methyl sites for hydroxylation is 1. The lowest BCUT2D eigenvalue weighted by Gasteiger charge is -2.29. The molecule has 2 amide bonds. The highest BCUT2D eigenvalue weighted by Gasteiger charge is 2.32. The van der Waals surface area contributed by atoms with E-state index in [0.29, 0.717) is 12.5 Å². The summed E-state index contributed by atoms with van der Waals surface area (Å²) in [6.07, 6.45) is 12.4. The molecule has 0 aliphatic heterocycles. The zero-order valence-corrected chi connectivity index (χ0v) is 19.8. The third kappa shape index (κ3) is 5.58.